The maximum atomic E-state index is 12.9. The molecule has 2 amide bonds. The summed E-state index contributed by atoms with van der Waals surface area (Å²) >= 11 is 18.4. The third-order valence-corrected chi connectivity index (χ3v) is 6.26. The van der Waals surface area contributed by atoms with Crippen LogP contribution in [0, 0.1) is 5.41 Å². The number of hydrogen-bond donors (Lipinski definition) is 2. The van der Waals surface area contributed by atoms with Crippen molar-refractivity contribution in [2.75, 3.05) is 0 Å². The summed E-state index contributed by atoms with van der Waals surface area (Å²) in [5.41, 5.74) is 0.196. The summed E-state index contributed by atoms with van der Waals surface area (Å²) in [6.45, 7) is 0. The van der Waals surface area contributed by atoms with Crippen LogP contribution in [0.15, 0.2) is 60.7 Å². The van der Waals surface area contributed by atoms with Crippen LogP contribution in [0.5, 0.6) is 0 Å². The molecule has 0 unspecified atom stereocenters. The molecule has 2 aromatic carbocycles. The van der Waals surface area contributed by atoms with Gasteiger partial charge in [-0.15, -0.1) is 0 Å². The van der Waals surface area contributed by atoms with Gasteiger partial charge in [-0.05, 0) is 59.8 Å². The molecule has 2 aliphatic heterocycles. The number of thioether (sulfide) groups is 1. The molecule has 140 valence electrons. The Labute approximate surface area is 181 Å². The van der Waals surface area contributed by atoms with Gasteiger partial charge in [0.2, 0.25) is 11.8 Å². The predicted molar refractivity (Wildman–Crippen MR) is 118 cm³/mol. The third kappa shape index (κ3) is 3.49. The Morgan fingerprint density at radius 2 is 1.14 bits per heavy atom. The van der Waals surface area contributed by atoms with Gasteiger partial charge in [0, 0.05) is 19.9 Å². The lowest BCUT2D eigenvalue weighted by molar-refractivity contribution is -0.137. The van der Waals surface area contributed by atoms with E-state index in [0.29, 0.717) is 10.0 Å². The fraction of sp³-hybridized carbons (Fsp3) is 0.0500. The van der Waals surface area contributed by atoms with Gasteiger partial charge in [-0.1, -0.05) is 59.2 Å². The number of carbonyl (C=O) groups excluding carboxylic acids is 2. The Hall–Kier alpha value is -2.12. The maximum Gasteiger partial charge on any atom is 0.249 e. The number of halogens is 2. The molecule has 8 heteroatoms. The molecule has 0 radical (unpaired) electrons. The van der Waals surface area contributed by atoms with Gasteiger partial charge in [-0.3, -0.25) is 9.59 Å². The highest BCUT2D eigenvalue weighted by Gasteiger charge is 2.48. The maximum absolute atomic E-state index is 12.9. The molecule has 2 heterocycles. The summed E-state index contributed by atoms with van der Waals surface area (Å²) in [6, 6.07) is 14.5. The van der Waals surface area contributed by atoms with Crippen molar-refractivity contribution in [3.63, 3.8) is 0 Å². The number of benzene rings is 2. The Kier molecular flexibility index (Phi) is 5.05. The van der Waals surface area contributed by atoms with Crippen LogP contribution in [0.4, 0.5) is 0 Å². The molecule has 2 aliphatic rings. The van der Waals surface area contributed by atoms with Crippen LogP contribution in [-0.2, 0) is 9.59 Å². The van der Waals surface area contributed by atoms with Crippen LogP contribution in [-0.4, -0.2) is 16.9 Å². The summed E-state index contributed by atoms with van der Waals surface area (Å²) in [6.07, 6.45) is 3.32. The fourth-order valence-corrected chi connectivity index (χ4v) is 4.63. The van der Waals surface area contributed by atoms with E-state index in [1.165, 1.54) is 11.8 Å². The monoisotopic (exact) mass is 446 g/mol. The molecule has 1 saturated heterocycles. The Balaban J connectivity index is 1.87. The minimum Gasteiger partial charge on any atom is -0.301 e. The minimum atomic E-state index is -1.50. The molecule has 28 heavy (non-hydrogen) atoms. The van der Waals surface area contributed by atoms with Crippen molar-refractivity contribution in [2.45, 2.75) is 0 Å². The van der Waals surface area contributed by atoms with Gasteiger partial charge in [0.1, 0.15) is 0 Å². The minimum absolute atomic E-state index is 0.00161. The molecule has 0 aromatic heterocycles. The first-order chi connectivity index (χ1) is 13.4. The molecular weight excluding hydrogens is 435 g/mol. The quantitative estimate of drug-likeness (QED) is 0.520. The SMILES string of the molecule is O=C1NC(=S)NC(=O)C12C=C(c1ccc(Cl)cc1)SC(c1ccc(Cl)cc1)=C2. The van der Waals surface area contributed by atoms with Gasteiger partial charge in [-0.2, -0.15) is 0 Å². The molecule has 4 rings (SSSR count). The van der Waals surface area contributed by atoms with E-state index in [0.717, 1.165) is 20.9 Å². The van der Waals surface area contributed by atoms with Crippen molar-refractivity contribution >= 4 is 73.9 Å². The van der Waals surface area contributed by atoms with Crippen LogP contribution in [0.25, 0.3) is 9.81 Å². The molecule has 0 bridgehead atoms. The molecule has 0 aliphatic carbocycles. The number of rotatable bonds is 2. The molecule has 0 saturated carbocycles. The number of carbonyl (C=O) groups is 2. The summed E-state index contributed by atoms with van der Waals surface area (Å²) < 4.78 is 0. The zero-order valence-electron chi connectivity index (χ0n) is 14.2. The van der Waals surface area contributed by atoms with Crippen LogP contribution < -0.4 is 10.6 Å². The second-order valence-corrected chi connectivity index (χ2v) is 8.60. The largest absolute Gasteiger partial charge is 0.301 e. The Morgan fingerprint density at radius 1 is 0.750 bits per heavy atom. The standard InChI is InChI=1S/C20H12Cl2N2O2S2/c21-13-5-1-11(2-6-13)15-9-20(17(25)23-19(27)24-18(20)26)10-16(28-15)12-3-7-14(22)8-4-12/h1-10H,(H2,23,24,25,26,27). The van der Waals surface area contributed by atoms with Crippen molar-refractivity contribution in [1.29, 1.82) is 0 Å². The summed E-state index contributed by atoms with van der Waals surface area (Å²) in [4.78, 5) is 27.2. The van der Waals surface area contributed by atoms with Crippen molar-refractivity contribution in [2.24, 2.45) is 5.41 Å². The molecule has 0 atom stereocenters. The van der Waals surface area contributed by atoms with E-state index in [-0.39, 0.29) is 5.11 Å². The van der Waals surface area contributed by atoms with Gasteiger partial charge in [0.25, 0.3) is 0 Å². The molecule has 1 spiro atoms. The number of amides is 2. The molecular formula is C20H12Cl2N2O2S2. The van der Waals surface area contributed by atoms with Gasteiger partial charge in [-0.25, -0.2) is 0 Å². The first-order valence-electron chi connectivity index (χ1n) is 8.20. The lowest BCUT2D eigenvalue weighted by Gasteiger charge is -2.34. The van der Waals surface area contributed by atoms with Crippen LogP contribution in [0.1, 0.15) is 11.1 Å². The summed E-state index contributed by atoms with van der Waals surface area (Å²) in [7, 11) is 0. The zero-order chi connectivity index (χ0) is 19.9. The highest BCUT2D eigenvalue weighted by atomic mass is 35.5. The van der Waals surface area contributed by atoms with Gasteiger partial charge in [0.05, 0.1) is 0 Å². The molecule has 2 N–H and O–H groups in total. The van der Waals surface area contributed by atoms with Crippen LogP contribution in [0.3, 0.4) is 0 Å². The first-order valence-corrected chi connectivity index (χ1v) is 10.2. The average Bonchev–Trinajstić information content (AvgIpc) is 2.67. The number of nitrogens with one attached hydrogen (secondary N) is 2. The Bertz CT molecular complexity index is 977. The number of hydrogen-bond acceptors (Lipinski definition) is 4. The summed E-state index contributed by atoms with van der Waals surface area (Å²) in [5, 5.41) is 6.31. The zero-order valence-corrected chi connectivity index (χ0v) is 17.3. The highest BCUT2D eigenvalue weighted by molar-refractivity contribution is 8.16. The van der Waals surface area contributed by atoms with Crippen molar-refractivity contribution in [1.82, 2.24) is 10.6 Å². The van der Waals surface area contributed by atoms with Crippen molar-refractivity contribution in [3.8, 4) is 0 Å². The molecule has 2 aromatic rings. The van der Waals surface area contributed by atoms with Crippen LogP contribution in [0.2, 0.25) is 10.0 Å². The van der Waals surface area contributed by atoms with E-state index in [2.05, 4.69) is 10.6 Å². The summed E-state index contributed by atoms with van der Waals surface area (Å²) in [5.74, 6) is -0.973. The van der Waals surface area contributed by atoms with E-state index in [9.17, 15) is 9.59 Å². The Morgan fingerprint density at radius 3 is 1.54 bits per heavy atom. The van der Waals surface area contributed by atoms with Crippen LogP contribution >= 0.6 is 47.2 Å². The van der Waals surface area contributed by atoms with E-state index in [1.807, 2.05) is 24.3 Å². The second-order valence-electron chi connectivity index (χ2n) is 6.24. The topological polar surface area (TPSA) is 58.2 Å². The van der Waals surface area contributed by atoms with Gasteiger partial charge in [0.15, 0.2) is 10.5 Å². The number of thiocarbonyl (C=S) groups is 1. The molecule has 1 fully saturated rings. The highest BCUT2D eigenvalue weighted by Crippen LogP contribution is 2.48. The first kappa shape index (κ1) is 19.2. The fourth-order valence-electron chi connectivity index (χ4n) is 2.96. The third-order valence-electron chi connectivity index (χ3n) is 4.40. The molecule has 4 nitrogen and oxygen atoms in total. The normalized spacial score (nSPS) is 18.3. The van der Waals surface area contributed by atoms with E-state index >= 15 is 0 Å². The average molecular weight is 447 g/mol. The van der Waals surface area contributed by atoms with E-state index in [1.54, 1.807) is 36.4 Å². The smallest absolute Gasteiger partial charge is 0.249 e. The van der Waals surface area contributed by atoms with Crippen molar-refractivity contribution < 1.29 is 9.59 Å². The van der Waals surface area contributed by atoms with E-state index in [4.69, 9.17) is 35.4 Å². The van der Waals surface area contributed by atoms with Crippen molar-refractivity contribution in [3.05, 3.63) is 81.9 Å². The lowest BCUT2D eigenvalue weighted by Crippen LogP contribution is -2.61. The van der Waals surface area contributed by atoms with Gasteiger partial charge >= 0.3 is 0 Å². The van der Waals surface area contributed by atoms with Gasteiger partial charge < -0.3 is 10.6 Å². The predicted octanol–water partition coefficient (Wildman–Crippen LogP) is 4.64. The van der Waals surface area contributed by atoms with E-state index < -0.39 is 17.2 Å². The second kappa shape index (κ2) is 7.37. The lowest BCUT2D eigenvalue weighted by atomic mass is 9.82.